The highest BCUT2D eigenvalue weighted by molar-refractivity contribution is 5.74. The van der Waals surface area contributed by atoms with Crippen molar-refractivity contribution in [2.45, 2.75) is 33.6 Å². The molecule has 0 heterocycles. The Morgan fingerprint density at radius 2 is 1.92 bits per heavy atom. The van der Waals surface area contributed by atoms with E-state index in [9.17, 15) is 10.1 Å². The van der Waals surface area contributed by atoms with Crippen LogP contribution in [0.5, 0.6) is 0 Å². The minimum Gasteiger partial charge on any atom is -0.384 e. The molecule has 0 atom stereocenters. The van der Waals surface area contributed by atoms with Gasteiger partial charge in [0.15, 0.2) is 0 Å². The van der Waals surface area contributed by atoms with Crippen LogP contribution in [0.25, 0.3) is 5.57 Å². The van der Waals surface area contributed by atoms with Crippen LogP contribution in [-0.2, 0) is 6.42 Å². The van der Waals surface area contributed by atoms with Crippen molar-refractivity contribution in [3.05, 3.63) is 74.3 Å². The van der Waals surface area contributed by atoms with E-state index in [2.05, 4.69) is 36.5 Å². The first-order valence-electron chi connectivity index (χ1n) is 8.25. The molecule has 2 aromatic rings. The molecule has 0 aliphatic heterocycles. The van der Waals surface area contributed by atoms with Crippen LogP contribution in [0, 0.1) is 30.9 Å². The average Bonchev–Trinajstić information content (AvgIpc) is 2.95. The molecule has 0 radical (unpaired) electrons. The Morgan fingerprint density at radius 1 is 1.12 bits per heavy atom. The molecule has 4 heteroatoms. The van der Waals surface area contributed by atoms with Crippen molar-refractivity contribution in [2.24, 2.45) is 0 Å². The van der Waals surface area contributed by atoms with Crippen LogP contribution in [0.4, 0.5) is 11.4 Å². The van der Waals surface area contributed by atoms with E-state index in [1.165, 1.54) is 22.3 Å². The molecular weight excluding hydrogens is 300 g/mol. The van der Waals surface area contributed by atoms with E-state index < -0.39 is 0 Å². The van der Waals surface area contributed by atoms with Crippen LogP contribution in [0.3, 0.4) is 0 Å². The number of hydrogen-bond acceptors (Lipinski definition) is 3. The molecule has 4 nitrogen and oxygen atoms in total. The Morgan fingerprint density at radius 3 is 2.67 bits per heavy atom. The highest BCUT2D eigenvalue weighted by atomic mass is 16.6. The van der Waals surface area contributed by atoms with Crippen LogP contribution in [-0.4, -0.2) is 11.5 Å². The first-order valence-corrected chi connectivity index (χ1v) is 8.25. The third kappa shape index (κ3) is 3.04. The van der Waals surface area contributed by atoms with Crippen LogP contribution >= 0.6 is 0 Å². The Labute approximate surface area is 142 Å². The molecule has 3 rings (SSSR count). The first kappa shape index (κ1) is 16.2. The first-order chi connectivity index (χ1) is 11.5. The van der Waals surface area contributed by atoms with Gasteiger partial charge in [0.05, 0.1) is 4.92 Å². The number of nitro groups is 1. The molecule has 0 amide bonds. The van der Waals surface area contributed by atoms with Gasteiger partial charge in [-0.15, -0.1) is 0 Å². The second-order valence-electron chi connectivity index (χ2n) is 6.42. The van der Waals surface area contributed by atoms with E-state index in [4.69, 9.17) is 0 Å². The maximum Gasteiger partial charge on any atom is 0.272 e. The number of hydrogen-bond donors (Lipinski definition) is 1. The maximum absolute atomic E-state index is 11.0. The molecule has 0 aromatic heterocycles. The fourth-order valence-corrected chi connectivity index (χ4v) is 3.37. The summed E-state index contributed by atoms with van der Waals surface area (Å²) in [7, 11) is 0. The minimum absolute atomic E-state index is 0.181. The monoisotopic (exact) mass is 322 g/mol. The largest absolute Gasteiger partial charge is 0.384 e. The summed E-state index contributed by atoms with van der Waals surface area (Å²) in [4.78, 5) is 10.7. The number of anilines is 1. The molecule has 0 bridgehead atoms. The Bertz CT molecular complexity index is 838. The van der Waals surface area contributed by atoms with Crippen LogP contribution < -0.4 is 5.32 Å². The summed E-state index contributed by atoms with van der Waals surface area (Å²) in [6.45, 7) is 6.66. The second kappa shape index (κ2) is 6.48. The topological polar surface area (TPSA) is 55.2 Å². The van der Waals surface area contributed by atoms with Gasteiger partial charge in [0, 0.05) is 23.9 Å². The zero-order valence-electron chi connectivity index (χ0n) is 14.3. The quantitative estimate of drug-likeness (QED) is 0.625. The molecule has 1 aliphatic carbocycles. The van der Waals surface area contributed by atoms with Crippen molar-refractivity contribution in [3.63, 3.8) is 0 Å². The van der Waals surface area contributed by atoms with Crippen molar-refractivity contribution in [3.8, 4) is 0 Å². The van der Waals surface area contributed by atoms with Gasteiger partial charge in [-0.3, -0.25) is 10.1 Å². The maximum atomic E-state index is 11.0. The van der Waals surface area contributed by atoms with Gasteiger partial charge in [-0.1, -0.05) is 24.3 Å². The lowest BCUT2D eigenvalue weighted by molar-refractivity contribution is -0.385. The molecule has 0 unspecified atom stereocenters. The van der Waals surface area contributed by atoms with Gasteiger partial charge < -0.3 is 5.32 Å². The van der Waals surface area contributed by atoms with Gasteiger partial charge in [0.25, 0.3) is 5.69 Å². The lowest BCUT2D eigenvalue weighted by Gasteiger charge is -2.12. The fraction of sp³-hybridized carbons (Fsp3) is 0.300. The fourth-order valence-electron chi connectivity index (χ4n) is 3.37. The Kier molecular flexibility index (Phi) is 4.38. The number of nitro benzene ring substituents is 1. The van der Waals surface area contributed by atoms with E-state index >= 15 is 0 Å². The molecule has 0 saturated carbocycles. The van der Waals surface area contributed by atoms with Crippen molar-refractivity contribution >= 4 is 16.9 Å². The molecule has 0 spiro atoms. The van der Waals surface area contributed by atoms with Gasteiger partial charge in [-0.25, -0.2) is 0 Å². The minimum atomic E-state index is -0.325. The van der Waals surface area contributed by atoms with E-state index in [0.717, 1.165) is 30.6 Å². The van der Waals surface area contributed by atoms with Gasteiger partial charge in [0.2, 0.25) is 0 Å². The molecule has 1 N–H and O–H groups in total. The van der Waals surface area contributed by atoms with Crippen molar-refractivity contribution < 1.29 is 4.92 Å². The third-order valence-corrected chi connectivity index (χ3v) is 4.76. The summed E-state index contributed by atoms with van der Waals surface area (Å²) in [5.41, 5.74) is 8.30. The smallest absolute Gasteiger partial charge is 0.272 e. The van der Waals surface area contributed by atoms with Crippen molar-refractivity contribution in [1.82, 2.24) is 0 Å². The SMILES string of the molecule is Cc1cc([N+](=O)[O-])c(C)cc1NCCC1=CCc2c(C)cccc21. The van der Waals surface area contributed by atoms with Crippen molar-refractivity contribution in [2.75, 3.05) is 11.9 Å². The summed E-state index contributed by atoms with van der Waals surface area (Å²) in [6.07, 6.45) is 4.28. The zero-order chi connectivity index (χ0) is 17.3. The number of allylic oxidation sites excluding steroid dienone is 1. The standard InChI is InChI=1S/C20H22N2O2/c1-13-5-4-6-18-16(7-8-17(13)18)9-10-21-19-11-15(3)20(22(23)24)12-14(19)2/h4-7,11-12,21H,8-10H2,1-3H3. The summed E-state index contributed by atoms with van der Waals surface area (Å²) < 4.78 is 0. The van der Waals surface area contributed by atoms with Crippen LogP contribution in [0.2, 0.25) is 0 Å². The van der Waals surface area contributed by atoms with E-state index in [1.807, 2.05) is 13.0 Å². The number of aryl methyl sites for hydroxylation is 3. The van der Waals surface area contributed by atoms with Crippen molar-refractivity contribution in [1.29, 1.82) is 0 Å². The van der Waals surface area contributed by atoms with Gasteiger partial charge in [-0.05, 0) is 67.5 Å². The van der Waals surface area contributed by atoms with Crippen LogP contribution in [0.1, 0.15) is 34.2 Å². The third-order valence-electron chi connectivity index (χ3n) is 4.76. The van der Waals surface area contributed by atoms with Crippen LogP contribution in [0.15, 0.2) is 36.4 Å². The van der Waals surface area contributed by atoms with Gasteiger partial charge in [0.1, 0.15) is 0 Å². The summed E-state index contributed by atoms with van der Waals surface area (Å²) in [5.74, 6) is 0. The highest BCUT2D eigenvalue weighted by Crippen LogP contribution is 2.32. The number of rotatable bonds is 5. The lowest BCUT2D eigenvalue weighted by Crippen LogP contribution is -2.05. The zero-order valence-corrected chi connectivity index (χ0v) is 14.3. The highest BCUT2D eigenvalue weighted by Gasteiger charge is 2.16. The molecule has 24 heavy (non-hydrogen) atoms. The Balaban J connectivity index is 1.68. The summed E-state index contributed by atoms with van der Waals surface area (Å²) in [6, 6.07) is 9.99. The van der Waals surface area contributed by atoms with E-state index in [0.29, 0.717) is 5.56 Å². The second-order valence-corrected chi connectivity index (χ2v) is 6.42. The predicted molar refractivity (Wildman–Crippen MR) is 98.5 cm³/mol. The number of nitrogens with one attached hydrogen (secondary N) is 1. The Hall–Kier alpha value is -2.62. The number of fused-ring (bicyclic) bond motifs is 1. The number of benzene rings is 2. The summed E-state index contributed by atoms with van der Waals surface area (Å²) >= 11 is 0. The molecular formula is C20H22N2O2. The van der Waals surface area contributed by atoms with Gasteiger partial charge in [-0.2, -0.15) is 0 Å². The average molecular weight is 322 g/mol. The van der Waals surface area contributed by atoms with E-state index in [-0.39, 0.29) is 10.6 Å². The molecule has 1 aliphatic rings. The van der Waals surface area contributed by atoms with Gasteiger partial charge >= 0.3 is 0 Å². The number of nitrogens with zero attached hydrogens (tertiary/aromatic N) is 1. The molecule has 124 valence electrons. The molecule has 0 fully saturated rings. The lowest BCUT2D eigenvalue weighted by atomic mass is 9.99. The normalized spacial score (nSPS) is 12.7. The molecule has 2 aromatic carbocycles. The predicted octanol–water partition coefficient (Wildman–Crippen LogP) is 4.96. The van der Waals surface area contributed by atoms with E-state index in [1.54, 1.807) is 13.0 Å². The molecule has 0 saturated heterocycles. The summed E-state index contributed by atoms with van der Waals surface area (Å²) in [5, 5.41) is 14.4.